The van der Waals surface area contributed by atoms with Crippen LogP contribution in [0.4, 0.5) is 17.2 Å². The van der Waals surface area contributed by atoms with E-state index in [2.05, 4.69) is 10.3 Å². The maximum absolute atomic E-state index is 11.8. The molecule has 0 bridgehead atoms. The molecule has 0 aliphatic heterocycles. The van der Waals surface area contributed by atoms with Crippen molar-refractivity contribution in [2.24, 2.45) is 12.8 Å². The number of aryl methyl sites for hydroxylation is 1. The van der Waals surface area contributed by atoms with Gasteiger partial charge in [0.05, 0.1) is 17.6 Å². The molecule has 9 heteroatoms. The van der Waals surface area contributed by atoms with Crippen molar-refractivity contribution < 1.29 is 9.90 Å². The number of carbonyl (C=O) groups is 1. The third-order valence-corrected chi connectivity index (χ3v) is 5.52. The van der Waals surface area contributed by atoms with E-state index >= 15 is 0 Å². The largest absolute Gasteiger partial charge is 0.480 e. The number of nitrogen functional groups attached to an aromatic ring is 1. The second kappa shape index (κ2) is 8.99. The van der Waals surface area contributed by atoms with Crippen molar-refractivity contribution >= 4 is 40.0 Å². The van der Waals surface area contributed by atoms with Gasteiger partial charge in [0.1, 0.15) is 23.5 Å². The molecule has 0 aliphatic rings. The summed E-state index contributed by atoms with van der Waals surface area (Å²) in [6.45, 7) is 2.13. The van der Waals surface area contributed by atoms with E-state index in [1.165, 1.54) is 0 Å². The molecule has 0 amide bonds. The summed E-state index contributed by atoms with van der Waals surface area (Å²) in [5, 5.41) is 20.5. The minimum Gasteiger partial charge on any atom is -0.480 e. The number of aromatic nitrogens is 3. The van der Waals surface area contributed by atoms with Crippen molar-refractivity contribution in [3.8, 4) is 0 Å². The van der Waals surface area contributed by atoms with Crippen LogP contribution in [-0.2, 0) is 18.4 Å². The summed E-state index contributed by atoms with van der Waals surface area (Å²) in [5.74, 6) is 0.471. The van der Waals surface area contributed by atoms with Crippen molar-refractivity contribution in [1.82, 2.24) is 14.5 Å². The van der Waals surface area contributed by atoms with Gasteiger partial charge in [-0.1, -0.05) is 6.07 Å². The Morgan fingerprint density at radius 1 is 1.21 bits per heavy atom. The summed E-state index contributed by atoms with van der Waals surface area (Å²) in [7, 11) is 1.95. The summed E-state index contributed by atoms with van der Waals surface area (Å²) in [4.78, 5) is 22.6. The van der Waals surface area contributed by atoms with E-state index in [9.17, 15) is 9.90 Å². The fourth-order valence-electron chi connectivity index (χ4n) is 3.66. The molecule has 0 saturated heterocycles. The molecule has 0 radical (unpaired) electrons. The Bertz CT molecular complexity index is 1300. The minimum absolute atomic E-state index is 0.0321. The molecule has 33 heavy (non-hydrogen) atoms. The highest BCUT2D eigenvalue weighted by Gasteiger charge is 2.24. The van der Waals surface area contributed by atoms with Crippen LogP contribution >= 0.6 is 0 Å². The summed E-state index contributed by atoms with van der Waals surface area (Å²) >= 11 is 0. The number of amidine groups is 1. The zero-order chi connectivity index (χ0) is 23.5. The quantitative estimate of drug-likeness (QED) is 0.242. The molecule has 0 saturated carbocycles. The van der Waals surface area contributed by atoms with Crippen molar-refractivity contribution in [2.45, 2.75) is 19.5 Å². The van der Waals surface area contributed by atoms with Crippen molar-refractivity contribution in [1.29, 1.82) is 5.41 Å². The van der Waals surface area contributed by atoms with Crippen molar-refractivity contribution in [3.05, 3.63) is 78.2 Å². The van der Waals surface area contributed by atoms with E-state index in [4.69, 9.17) is 16.1 Å². The number of carboxylic acids is 1. The first-order valence-corrected chi connectivity index (χ1v) is 10.4. The molecular weight excluding hydrogens is 418 g/mol. The van der Waals surface area contributed by atoms with Crippen molar-refractivity contribution in [2.75, 3.05) is 10.2 Å². The van der Waals surface area contributed by atoms with Crippen LogP contribution in [0.3, 0.4) is 0 Å². The highest BCUT2D eigenvalue weighted by Crippen LogP contribution is 2.29. The summed E-state index contributed by atoms with van der Waals surface area (Å²) < 4.78 is 2.00. The molecule has 2 heterocycles. The Balaban J connectivity index is 1.62. The lowest BCUT2D eigenvalue weighted by Crippen LogP contribution is -2.35. The Labute approximate surface area is 191 Å². The van der Waals surface area contributed by atoms with Gasteiger partial charge in [-0.15, -0.1) is 0 Å². The molecule has 0 spiro atoms. The van der Waals surface area contributed by atoms with Crippen LogP contribution in [-0.4, -0.2) is 37.5 Å². The molecule has 0 aliphatic carbocycles. The van der Waals surface area contributed by atoms with Crippen LogP contribution < -0.4 is 16.0 Å². The van der Waals surface area contributed by atoms with Crippen LogP contribution in [0.5, 0.6) is 0 Å². The molecule has 1 unspecified atom stereocenters. The number of rotatable bonds is 8. The fourth-order valence-corrected chi connectivity index (χ4v) is 3.66. The number of hydrogen-bond acceptors (Lipinski definition) is 6. The third kappa shape index (κ3) is 4.47. The van der Waals surface area contributed by atoms with Gasteiger partial charge in [-0.05, 0) is 61.5 Å². The van der Waals surface area contributed by atoms with Gasteiger partial charge in [-0.3, -0.25) is 5.41 Å². The summed E-state index contributed by atoms with van der Waals surface area (Å²) in [6.07, 6.45) is 1.64. The molecule has 4 rings (SSSR count). The van der Waals surface area contributed by atoms with Crippen LogP contribution in [0.1, 0.15) is 18.3 Å². The SMILES string of the molecule is CC(C(=O)O)N(c1ccc2c(c1)nc(CNc1ccc(C(=N)N)cc1)n2C)c1ccccn1. The van der Waals surface area contributed by atoms with Gasteiger partial charge in [-0.25, -0.2) is 14.8 Å². The molecule has 5 N–H and O–H groups in total. The number of pyridine rings is 1. The first-order chi connectivity index (χ1) is 15.8. The predicted octanol–water partition coefficient (Wildman–Crippen LogP) is 3.48. The Morgan fingerprint density at radius 2 is 1.97 bits per heavy atom. The number of anilines is 3. The monoisotopic (exact) mass is 443 g/mol. The van der Waals surface area contributed by atoms with Gasteiger partial charge in [0.25, 0.3) is 0 Å². The molecule has 4 aromatic rings. The third-order valence-electron chi connectivity index (χ3n) is 5.52. The predicted molar refractivity (Wildman–Crippen MR) is 129 cm³/mol. The number of hydrogen-bond donors (Lipinski definition) is 4. The summed E-state index contributed by atoms with van der Waals surface area (Å²) in [6, 6.07) is 17.6. The van der Waals surface area contributed by atoms with Crippen molar-refractivity contribution in [3.63, 3.8) is 0 Å². The molecule has 2 aromatic heterocycles. The first-order valence-electron chi connectivity index (χ1n) is 10.4. The zero-order valence-electron chi connectivity index (χ0n) is 18.4. The van der Waals surface area contributed by atoms with Gasteiger partial charge in [0, 0.05) is 30.2 Å². The van der Waals surface area contributed by atoms with E-state index in [0.29, 0.717) is 23.6 Å². The van der Waals surface area contributed by atoms with Gasteiger partial charge < -0.3 is 25.6 Å². The first kappa shape index (κ1) is 21.8. The number of nitrogens with one attached hydrogen (secondary N) is 2. The molecule has 168 valence electrons. The number of carboxylic acid groups (broad SMARTS) is 1. The highest BCUT2D eigenvalue weighted by atomic mass is 16.4. The second-order valence-corrected chi connectivity index (χ2v) is 7.68. The summed E-state index contributed by atoms with van der Waals surface area (Å²) in [5.41, 5.74) is 9.47. The number of imidazole rings is 1. The highest BCUT2D eigenvalue weighted by molar-refractivity contribution is 5.95. The standard InChI is InChI=1S/C24H25N7O2/c1-15(24(32)33)31(21-5-3-4-12-27-21)18-10-11-20-19(13-18)29-22(30(20)2)14-28-17-8-6-16(7-9-17)23(25)26/h3-13,15,28H,14H2,1-2H3,(H3,25,26)(H,32,33). The van der Waals surface area contributed by atoms with Gasteiger partial charge in [0.15, 0.2) is 0 Å². The lowest BCUT2D eigenvalue weighted by atomic mass is 10.2. The van der Waals surface area contributed by atoms with E-state index in [0.717, 1.165) is 22.5 Å². The number of fused-ring (bicyclic) bond motifs is 1. The van der Waals surface area contributed by atoms with Crippen LogP contribution in [0, 0.1) is 5.41 Å². The average molecular weight is 444 g/mol. The Kier molecular flexibility index (Phi) is 5.95. The average Bonchev–Trinajstić information content (AvgIpc) is 3.13. The maximum Gasteiger partial charge on any atom is 0.326 e. The molecule has 1 atom stereocenters. The lowest BCUT2D eigenvalue weighted by molar-refractivity contribution is -0.138. The Morgan fingerprint density at radius 3 is 2.61 bits per heavy atom. The van der Waals surface area contributed by atoms with E-state index < -0.39 is 12.0 Å². The number of nitrogens with zero attached hydrogens (tertiary/aromatic N) is 4. The normalized spacial score (nSPS) is 11.8. The molecule has 0 fully saturated rings. The smallest absolute Gasteiger partial charge is 0.326 e. The van der Waals surface area contributed by atoms with E-state index in [1.807, 2.05) is 48.0 Å². The van der Waals surface area contributed by atoms with Gasteiger partial charge >= 0.3 is 5.97 Å². The van der Waals surface area contributed by atoms with Gasteiger partial charge in [-0.2, -0.15) is 0 Å². The number of aliphatic carboxylic acids is 1. The zero-order valence-corrected chi connectivity index (χ0v) is 18.4. The minimum atomic E-state index is -0.942. The molecule has 2 aromatic carbocycles. The van der Waals surface area contributed by atoms with Crippen LogP contribution in [0.25, 0.3) is 11.0 Å². The lowest BCUT2D eigenvalue weighted by Gasteiger charge is -2.27. The number of nitrogens with two attached hydrogens (primary N) is 1. The molecule has 9 nitrogen and oxygen atoms in total. The fraction of sp³-hybridized carbons (Fsp3) is 0.167. The molecular formula is C24H25N7O2. The van der Waals surface area contributed by atoms with Crippen LogP contribution in [0.2, 0.25) is 0 Å². The van der Waals surface area contributed by atoms with E-state index in [-0.39, 0.29) is 5.84 Å². The topological polar surface area (TPSA) is 133 Å². The Hall–Kier alpha value is -4.40. The maximum atomic E-state index is 11.8. The van der Waals surface area contributed by atoms with Crippen LogP contribution in [0.15, 0.2) is 66.9 Å². The van der Waals surface area contributed by atoms with Gasteiger partial charge in [0.2, 0.25) is 0 Å². The van der Waals surface area contributed by atoms with E-state index in [1.54, 1.807) is 42.3 Å². The number of benzene rings is 2. The second-order valence-electron chi connectivity index (χ2n) is 7.68.